The van der Waals surface area contributed by atoms with Gasteiger partial charge in [-0.1, -0.05) is 128 Å². The van der Waals surface area contributed by atoms with Crippen LogP contribution in [0.1, 0.15) is 50.9 Å². The van der Waals surface area contributed by atoms with Crippen molar-refractivity contribution < 1.29 is 19.7 Å². The molecule has 0 saturated heterocycles. The van der Waals surface area contributed by atoms with Crippen molar-refractivity contribution in [2.75, 3.05) is 19.8 Å². The van der Waals surface area contributed by atoms with Crippen LogP contribution in [-0.4, -0.2) is 30.0 Å². The third-order valence-corrected chi connectivity index (χ3v) is 8.42. The van der Waals surface area contributed by atoms with Gasteiger partial charge in [-0.25, -0.2) is 0 Å². The summed E-state index contributed by atoms with van der Waals surface area (Å²) >= 11 is 0. The number of allylic oxidation sites excluding steroid dienone is 3. The highest BCUT2D eigenvalue weighted by atomic mass is 16.5. The molecular weight excluding hydrogens is 544 g/mol. The molecule has 2 aliphatic carbocycles. The normalized spacial score (nSPS) is 15.6. The lowest BCUT2D eigenvalue weighted by Gasteiger charge is -2.36. The zero-order valence-corrected chi connectivity index (χ0v) is 24.7. The molecule has 4 aromatic rings. The van der Waals surface area contributed by atoms with Gasteiger partial charge in [0.25, 0.3) is 0 Å². The van der Waals surface area contributed by atoms with E-state index >= 15 is 0 Å². The van der Waals surface area contributed by atoms with Crippen molar-refractivity contribution in [3.05, 3.63) is 178 Å². The summed E-state index contributed by atoms with van der Waals surface area (Å²) in [7, 11) is 0. The van der Waals surface area contributed by atoms with Crippen LogP contribution in [0.4, 0.5) is 0 Å². The van der Waals surface area contributed by atoms with Crippen molar-refractivity contribution in [3.8, 4) is 11.8 Å². The number of ether oxygens (including phenoxy) is 2. The lowest BCUT2D eigenvalue weighted by atomic mass is 9.75. The molecule has 4 heteroatoms. The molecular formula is C40H36O4. The van der Waals surface area contributed by atoms with Gasteiger partial charge in [0.2, 0.25) is 0 Å². The van der Waals surface area contributed by atoms with Gasteiger partial charge < -0.3 is 19.7 Å². The van der Waals surface area contributed by atoms with E-state index in [2.05, 4.69) is 30.6 Å². The Balaban J connectivity index is 1.04. The van der Waals surface area contributed by atoms with Gasteiger partial charge in [-0.3, -0.25) is 0 Å². The minimum atomic E-state index is -1.39. The van der Waals surface area contributed by atoms with Gasteiger partial charge in [-0.2, -0.15) is 0 Å². The summed E-state index contributed by atoms with van der Waals surface area (Å²) in [5, 5.41) is 23.5. The van der Waals surface area contributed by atoms with Crippen LogP contribution in [0.2, 0.25) is 0 Å². The summed E-state index contributed by atoms with van der Waals surface area (Å²) < 4.78 is 11.8. The van der Waals surface area contributed by atoms with Gasteiger partial charge >= 0.3 is 0 Å². The molecule has 220 valence electrons. The van der Waals surface area contributed by atoms with Gasteiger partial charge in [-0.15, -0.1) is 0 Å². The minimum absolute atomic E-state index is 0.114. The number of hydrogen-bond donors (Lipinski definition) is 2. The maximum absolute atomic E-state index is 11.8. The molecule has 0 aromatic heterocycles. The molecule has 0 aliphatic heterocycles. The fourth-order valence-corrected chi connectivity index (χ4v) is 6.29. The second kappa shape index (κ2) is 12.9. The SMILES string of the molecule is C=C/C(=C\C=C/CCOCC1(O)c2ccccc2Cc2ccccc21)OCC#CC1(O)c2ccccc2Cc2ccccc21. The molecule has 2 aliphatic rings. The molecule has 0 unspecified atom stereocenters. The Kier molecular flexibility index (Phi) is 8.63. The van der Waals surface area contributed by atoms with Crippen molar-refractivity contribution in [1.29, 1.82) is 0 Å². The molecule has 4 nitrogen and oxygen atoms in total. The summed E-state index contributed by atoms with van der Waals surface area (Å²) in [5.41, 5.74) is 5.32. The van der Waals surface area contributed by atoms with E-state index in [4.69, 9.17) is 9.47 Å². The largest absolute Gasteiger partial charge is 0.481 e. The average Bonchev–Trinajstić information content (AvgIpc) is 3.06. The number of hydrogen-bond acceptors (Lipinski definition) is 4. The molecule has 6 rings (SSSR count). The molecule has 0 saturated carbocycles. The maximum Gasteiger partial charge on any atom is 0.177 e. The smallest absolute Gasteiger partial charge is 0.177 e. The zero-order valence-electron chi connectivity index (χ0n) is 24.7. The van der Waals surface area contributed by atoms with E-state index in [1.807, 2.05) is 103 Å². The Labute approximate surface area is 259 Å². The van der Waals surface area contributed by atoms with Gasteiger partial charge in [0.1, 0.15) is 18.0 Å². The topological polar surface area (TPSA) is 58.9 Å². The fourth-order valence-electron chi connectivity index (χ4n) is 6.29. The first kappa shape index (κ1) is 29.4. The van der Waals surface area contributed by atoms with Crippen molar-refractivity contribution in [2.45, 2.75) is 30.5 Å². The first-order valence-electron chi connectivity index (χ1n) is 15.0. The molecule has 0 amide bonds. The van der Waals surface area contributed by atoms with E-state index in [-0.39, 0.29) is 13.2 Å². The molecule has 0 atom stereocenters. The van der Waals surface area contributed by atoms with Gasteiger partial charge in [0, 0.05) is 11.1 Å². The Bertz CT molecular complexity index is 1690. The van der Waals surface area contributed by atoms with Crippen molar-refractivity contribution in [3.63, 3.8) is 0 Å². The Morgan fingerprint density at radius 3 is 1.80 bits per heavy atom. The molecule has 0 radical (unpaired) electrons. The highest BCUT2D eigenvalue weighted by molar-refractivity contribution is 5.56. The lowest BCUT2D eigenvalue weighted by molar-refractivity contribution is -0.0231. The quantitative estimate of drug-likeness (QED) is 0.0999. The van der Waals surface area contributed by atoms with Gasteiger partial charge in [0.05, 0.1) is 13.2 Å². The second-order valence-electron chi connectivity index (χ2n) is 11.2. The van der Waals surface area contributed by atoms with Crippen LogP contribution in [0.25, 0.3) is 0 Å². The van der Waals surface area contributed by atoms with Crippen LogP contribution in [0.5, 0.6) is 0 Å². The minimum Gasteiger partial charge on any atom is -0.481 e. The number of benzene rings is 4. The third kappa shape index (κ3) is 5.78. The van der Waals surface area contributed by atoms with Crippen LogP contribution in [0.3, 0.4) is 0 Å². The first-order valence-corrected chi connectivity index (χ1v) is 15.0. The average molecular weight is 581 g/mol. The van der Waals surface area contributed by atoms with Crippen molar-refractivity contribution in [2.24, 2.45) is 0 Å². The molecule has 44 heavy (non-hydrogen) atoms. The van der Waals surface area contributed by atoms with Crippen molar-refractivity contribution >= 4 is 0 Å². The molecule has 4 aromatic carbocycles. The fraction of sp³-hybridized carbons (Fsp3) is 0.200. The molecule has 0 heterocycles. The van der Waals surface area contributed by atoms with E-state index in [0.717, 1.165) is 57.3 Å². The van der Waals surface area contributed by atoms with E-state index < -0.39 is 11.2 Å². The molecule has 0 spiro atoms. The number of rotatable bonds is 9. The van der Waals surface area contributed by atoms with Gasteiger partial charge in [-0.05, 0) is 64.8 Å². The standard InChI is InChI=1S/C40H36O4/c1-2-34(44-26-14-24-39(41)35-20-9-5-15-30(35)27-31-16-6-10-21-36(31)39)19-4-3-13-25-43-29-40(42)37-22-11-7-17-32(37)28-33-18-8-12-23-38(33)40/h2-12,15-23,41-42H,1,13,25-29H2/b4-3-,34-19+. The Morgan fingerprint density at radius 1 is 0.750 bits per heavy atom. The summed E-state index contributed by atoms with van der Waals surface area (Å²) in [6.07, 6.45) is 9.61. The summed E-state index contributed by atoms with van der Waals surface area (Å²) in [6.45, 7) is 4.62. The molecule has 0 bridgehead atoms. The number of fused-ring (bicyclic) bond motifs is 4. The zero-order chi connectivity index (χ0) is 30.4. The van der Waals surface area contributed by atoms with Crippen LogP contribution < -0.4 is 0 Å². The number of aliphatic hydroxyl groups is 2. The van der Waals surface area contributed by atoms with E-state index in [1.165, 1.54) is 0 Å². The van der Waals surface area contributed by atoms with Crippen LogP contribution in [0, 0.1) is 11.8 Å². The van der Waals surface area contributed by atoms with Crippen molar-refractivity contribution in [1.82, 2.24) is 0 Å². The Hall–Kier alpha value is -4.66. The molecule has 0 fully saturated rings. The van der Waals surface area contributed by atoms with Crippen LogP contribution in [0.15, 0.2) is 134 Å². The highest BCUT2D eigenvalue weighted by Gasteiger charge is 2.39. The summed E-state index contributed by atoms with van der Waals surface area (Å²) in [5.74, 6) is 6.70. The first-order chi connectivity index (χ1) is 21.5. The van der Waals surface area contributed by atoms with Crippen LogP contribution >= 0.6 is 0 Å². The maximum atomic E-state index is 11.8. The summed E-state index contributed by atoms with van der Waals surface area (Å²) in [4.78, 5) is 0. The van der Waals surface area contributed by atoms with Gasteiger partial charge in [0.15, 0.2) is 5.60 Å². The monoisotopic (exact) mass is 580 g/mol. The van der Waals surface area contributed by atoms with E-state index in [9.17, 15) is 10.2 Å². The Morgan fingerprint density at radius 2 is 1.25 bits per heavy atom. The predicted molar refractivity (Wildman–Crippen MR) is 174 cm³/mol. The molecule has 2 N–H and O–H groups in total. The van der Waals surface area contributed by atoms with E-state index in [0.29, 0.717) is 18.8 Å². The second-order valence-corrected chi connectivity index (χ2v) is 11.2. The van der Waals surface area contributed by atoms with Crippen LogP contribution in [-0.2, 0) is 33.5 Å². The lowest BCUT2D eigenvalue weighted by Crippen LogP contribution is -2.37. The highest BCUT2D eigenvalue weighted by Crippen LogP contribution is 2.41. The predicted octanol–water partition coefficient (Wildman–Crippen LogP) is 6.72. The van der Waals surface area contributed by atoms with E-state index in [1.54, 1.807) is 6.08 Å². The summed E-state index contributed by atoms with van der Waals surface area (Å²) in [6, 6.07) is 31.9. The third-order valence-electron chi connectivity index (χ3n) is 8.42.